The number of alkyl halides is 2. The Morgan fingerprint density at radius 1 is 1.33 bits per heavy atom. The lowest BCUT2D eigenvalue weighted by atomic mass is 10.1. The Morgan fingerprint density at radius 3 is 2.53 bits per heavy atom. The summed E-state index contributed by atoms with van der Waals surface area (Å²) in [6, 6.07) is 7.45. The average molecular weight is 288 g/mol. The lowest BCUT2D eigenvalue weighted by Crippen LogP contribution is -1.99. The van der Waals surface area contributed by atoms with Crippen LogP contribution in [-0.2, 0) is 0 Å². The number of allylic oxidation sites excluding steroid dienone is 1. The average Bonchev–Trinajstić information content (AvgIpc) is 2.29. The fraction of sp³-hybridized carbons (Fsp3) is 0.250. The molecule has 0 saturated carbocycles. The summed E-state index contributed by atoms with van der Waals surface area (Å²) in [5.41, 5.74) is 1.77. The van der Waals surface area contributed by atoms with Gasteiger partial charge in [-0.15, -0.1) is 11.6 Å². The van der Waals surface area contributed by atoms with Crippen LogP contribution in [0, 0.1) is 0 Å². The van der Waals surface area contributed by atoms with Gasteiger partial charge in [0.2, 0.25) is 0 Å². The summed E-state index contributed by atoms with van der Waals surface area (Å²) in [5.74, 6) is 0.00587. The molecule has 0 aliphatic carbocycles. The van der Waals surface area contributed by atoms with Crippen LogP contribution in [0.4, 0.5) is 0 Å². The SMILES string of the molecule is O=C(CCl)c1ccc(C=CCCBr)cc1. The first-order chi connectivity index (χ1) is 7.27. The molecule has 0 unspecified atom stereocenters. The Labute approximate surface area is 103 Å². The lowest BCUT2D eigenvalue weighted by Gasteiger charge is -1.97. The van der Waals surface area contributed by atoms with Crippen molar-refractivity contribution in [2.45, 2.75) is 6.42 Å². The third kappa shape index (κ3) is 4.18. The summed E-state index contributed by atoms with van der Waals surface area (Å²) in [5, 5.41) is 0.965. The lowest BCUT2D eigenvalue weighted by molar-refractivity contribution is 0.102. The summed E-state index contributed by atoms with van der Waals surface area (Å²) in [7, 11) is 0. The molecule has 0 fully saturated rings. The minimum atomic E-state index is -0.0346. The molecule has 1 aromatic rings. The first-order valence-corrected chi connectivity index (χ1v) is 6.35. The molecule has 15 heavy (non-hydrogen) atoms. The third-order valence-electron chi connectivity index (χ3n) is 1.94. The molecule has 1 nitrogen and oxygen atoms in total. The number of rotatable bonds is 5. The van der Waals surface area contributed by atoms with E-state index in [1.54, 1.807) is 12.1 Å². The zero-order valence-electron chi connectivity index (χ0n) is 8.25. The van der Waals surface area contributed by atoms with Gasteiger partial charge in [-0.2, -0.15) is 0 Å². The minimum absolute atomic E-state index is 0.0346. The summed E-state index contributed by atoms with van der Waals surface area (Å²) < 4.78 is 0. The molecule has 0 aliphatic rings. The fourth-order valence-corrected chi connectivity index (χ4v) is 1.56. The van der Waals surface area contributed by atoms with E-state index in [4.69, 9.17) is 11.6 Å². The van der Waals surface area contributed by atoms with Gasteiger partial charge < -0.3 is 0 Å². The molecule has 0 aliphatic heterocycles. The van der Waals surface area contributed by atoms with Crippen molar-refractivity contribution in [1.29, 1.82) is 0 Å². The summed E-state index contributed by atoms with van der Waals surface area (Å²) in [6.45, 7) is 0. The predicted molar refractivity (Wildman–Crippen MR) is 68.9 cm³/mol. The molecule has 0 spiro atoms. The highest BCUT2D eigenvalue weighted by atomic mass is 79.9. The van der Waals surface area contributed by atoms with E-state index in [9.17, 15) is 4.79 Å². The molecule has 0 amide bonds. The molecule has 3 heteroatoms. The molecule has 0 bridgehead atoms. The molecule has 0 heterocycles. The Bertz CT molecular complexity index is 343. The van der Waals surface area contributed by atoms with Crippen LogP contribution >= 0.6 is 27.5 Å². The molecule has 0 atom stereocenters. The van der Waals surface area contributed by atoms with Crippen molar-refractivity contribution >= 4 is 39.4 Å². The molecule has 0 saturated heterocycles. The maximum Gasteiger partial charge on any atom is 0.177 e. The van der Waals surface area contributed by atoms with Crippen molar-refractivity contribution in [2.75, 3.05) is 11.2 Å². The summed E-state index contributed by atoms with van der Waals surface area (Å²) in [6.07, 6.45) is 5.13. The van der Waals surface area contributed by atoms with Gasteiger partial charge in [0.1, 0.15) is 0 Å². The van der Waals surface area contributed by atoms with Crippen molar-refractivity contribution in [3.05, 3.63) is 41.5 Å². The van der Waals surface area contributed by atoms with Crippen LogP contribution in [0.1, 0.15) is 22.3 Å². The van der Waals surface area contributed by atoms with Crippen molar-refractivity contribution in [1.82, 2.24) is 0 Å². The number of Topliss-reactive ketones (excluding diaryl/α,β-unsaturated/α-hetero) is 1. The van der Waals surface area contributed by atoms with Gasteiger partial charge in [0, 0.05) is 10.9 Å². The van der Waals surface area contributed by atoms with Crippen molar-refractivity contribution < 1.29 is 4.79 Å². The fourth-order valence-electron chi connectivity index (χ4n) is 1.14. The first-order valence-electron chi connectivity index (χ1n) is 4.69. The van der Waals surface area contributed by atoms with Gasteiger partial charge in [0.05, 0.1) is 5.88 Å². The van der Waals surface area contributed by atoms with Crippen molar-refractivity contribution in [3.63, 3.8) is 0 Å². The summed E-state index contributed by atoms with van der Waals surface area (Å²) >= 11 is 8.81. The van der Waals surface area contributed by atoms with E-state index >= 15 is 0 Å². The Hall–Kier alpha value is -0.600. The van der Waals surface area contributed by atoms with Crippen LogP contribution < -0.4 is 0 Å². The number of carbonyl (C=O) groups is 1. The van der Waals surface area contributed by atoms with E-state index in [2.05, 4.69) is 22.0 Å². The monoisotopic (exact) mass is 286 g/mol. The Kier molecular flexibility index (Phi) is 5.66. The topological polar surface area (TPSA) is 17.1 Å². The van der Waals surface area contributed by atoms with Crippen LogP contribution in [0.5, 0.6) is 0 Å². The molecule has 0 radical (unpaired) electrons. The van der Waals surface area contributed by atoms with E-state index in [1.165, 1.54) is 0 Å². The normalized spacial score (nSPS) is 10.8. The van der Waals surface area contributed by atoms with Gasteiger partial charge in [-0.25, -0.2) is 0 Å². The quantitative estimate of drug-likeness (QED) is 0.593. The van der Waals surface area contributed by atoms with Gasteiger partial charge in [-0.1, -0.05) is 52.3 Å². The smallest absolute Gasteiger partial charge is 0.177 e. The molecule has 1 rings (SSSR count). The number of benzene rings is 1. The Morgan fingerprint density at radius 2 is 2.00 bits per heavy atom. The minimum Gasteiger partial charge on any atom is -0.293 e. The van der Waals surface area contributed by atoms with E-state index in [0.717, 1.165) is 17.3 Å². The van der Waals surface area contributed by atoms with E-state index < -0.39 is 0 Å². The van der Waals surface area contributed by atoms with Crippen LogP contribution in [0.2, 0.25) is 0 Å². The van der Waals surface area contributed by atoms with Gasteiger partial charge in [-0.3, -0.25) is 4.79 Å². The highest BCUT2D eigenvalue weighted by Gasteiger charge is 2.01. The second kappa shape index (κ2) is 6.81. The molecule has 80 valence electrons. The number of hydrogen-bond donors (Lipinski definition) is 0. The van der Waals surface area contributed by atoms with Gasteiger partial charge >= 0.3 is 0 Å². The third-order valence-corrected chi connectivity index (χ3v) is 2.64. The second-order valence-electron chi connectivity index (χ2n) is 3.06. The van der Waals surface area contributed by atoms with Crippen LogP contribution in [0.3, 0.4) is 0 Å². The standard InChI is InChI=1S/C12H12BrClO/c13-8-2-1-3-10-4-6-11(7-5-10)12(15)9-14/h1,3-7H,2,8-9H2. The number of ketones is 1. The maximum absolute atomic E-state index is 11.2. The van der Waals surface area contributed by atoms with Crippen LogP contribution in [-0.4, -0.2) is 17.0 Å². The molecule has 0 N–H and O–H groups in total. The highest BCUT2D eigenvalue weighted by Crippen LogP contribution is 2.08. The van der Waals surface area contributed by atoms with Gasteiger partial charge in [-0.05, 0) is 12.0 Å². The predicted octanol–water partition coefficient (Wildman–Crippen LogP) is 3.91. The van der Waals surface area contributed by atoms with Gasteiger partial charge in [0.15, 0.2) is 5.78 Å². The molecule has 0 aromatic heterocycles. The zero-order chi connectivity index (χ0) is 11.1. The Balaban J connectivity index is 2.68. The number of halogens is 2. The zero-order valence-corrected chi connectivity index (χ0v) is 10.6. The van der Waals surface area contributed by atoms with Crippen molar-refractivity contribution in [3.8, 4) is 0 Å². The number of carbonyl (C=O) groups excluding carboxylic acids is 1. The van der Waals surface area contributed by atoms with Gasteiger partial charge in [0.25, 0.3) is 0 Å². The molecule has 1 aromatic carbocycles. The second-order valence-corrected chi connectivity index (χ2v) is 4.12. The van der Waals surface area contributed by atoms with Crippen LogP contribution in [0.15, 0.2) is 30.3 Å². The van der Waals surface area contributed by atoms with E-state index in [-0.39, 0.29) is 11.7 Å². The molecular formula is C12H12BrClO. The van der Waals surface area contributed by atoms with Crippen molar-refractivity contribution in [2.24, 2.45) is 0 Å². The number of hydrogen-bond acceptors (Lipinski definition) is 1. The molecular weight excluding hydrogens is 275 g/mol. The summed E-state index contributed by atoms with van der Waals surface area (Å²) in [4.78, 5) is 11.2. The van der Waals surface area contributed by atoms with E-state index in [1.807, 2.05) is 18.2 Å². The first kappa shape index (κ1) is 12.5. The van der Waals surface area contributed by atoms with Crippen LogP contribution in [0.25, 0.3) is 6.08 Å². The highest BCUT2D eigenvalue weighted by molar-refractivity contribution is 9.09. The van der Waals surface area contributed by atoms with E-state index in [0.29, 0.717) is 5.56 Å². The maximum atomic E-state index is 11.2. The largest absolute Gasteiger partial charge is 0.293 e.